The lowest BCUT2D eigenvalue weighted by molar-refractivity contribution is -0.124. The van der Waals surface area contributed by atoms with Gasteiger partial charge in [0.15, 0.2) is 0 Å². The van der Waals surface area contributed by atoms with Gasteiger partial charge in [-0.1, -0.05) is 42.5 Å². The molecule has 0 saturated carbocycles. The molecule has 0 saturated heterocycles. The van der Waals surface area contributed by atoms with E-state index < -0.39 is 46.2 Å². The van der Waals surface area contributed by atoms with Crippen LogP contribution in [-0.4, -0.2) is 43.5 Å². The standard InChI is InChI=1S/C24H18N4O6S/c25-35(33,34)15-10-11-19-18(12-15)26-22(30)21(14-6-2-1-3-7-14)28(19)20(29)13-27-23(31)16-8-4-5-9-17(16)24(27)32/h1-12,21H,13H2,(H,26,30)(H2,25,33,34). The number of nitrogens with zero attached hydrogens (tertiary/aromatic N) is 2. The Kier molecular flexibility index (Phi) is 5.23. The van der Waals surface area contributed by atoms with Crippen LogP contribution < -0.4 is 15.4 Å². The fraction of sp³-hybridized carbons (Fsp3) is 0.0833. The van der Waals surface area contributed by atoms with Crippen LogP contribution >= 0.6 is 0 Å². The molecule has 2 heterocycles. The summed E-state index contributed by atoms with van der Waals surface area (Å²) in [6, 6.07) is 17.3. The van der Waals surface area contributed by atoms with Crippen molar-refractivity contribution in [3.8, 4) is 0 Å². The Morgan fingerprint density at radius 3 is 2.09 bits per heavy atom. The Bertz CT molecular complexity index is 1480. The van der Waals surface area contributed by atoms with Gasteiger partial charge in [-0.05, 0) is 35.9 Å². The van der Waals surface area contributed by atoms with Gasteiger partial charge in [-0.2, -0.15) is 0 Å². The average Bonchev–Trinajstić information content (AvgIpc) is 3.07. The Balaban J connectivity index is 1.57. The largest absolute Gasteiger partial charge is 0.322 e. The molecule has 1 atom stereocenters. The molecule has 176 valence electrons. The topological polar surface area (TPSA) is 147 Å². The first-order valence-corrected chi connectivity index (χ1v) is 12.0. The van der Waals surface area contributed by atoms with E-state index in [-0.39, 0.29) is 27.4 Å². The molecule has 3 aromatic rings. The van der Waals surface area contributed by atoms with Crippen molar-refractivity contribution in [2.45, 2.75) is 10.9 Å². The minimum atomic E-state index is -4.07. The Morgan fingerprint density at radius 1 is 0.886 bits per heavy atom. The van der Waals surface area contributed by atoms with Gasteiger partial charge in [-0.15, -0.1) is 0 Å². The molecule has 5 rings (SSSR count). The highest BCUT2D eigenvalue weighted by Gasteiger charge is 2.42. The molecule has 2 aliphatic rings. The highest BCUT2D eigenvalue weighted by atomic mass is 32.2. The Morgan fingerprint density at radius 2 is 1.49 bits per heavy atom. The molecule has 1 unspecified atom stereocenters. The molecular formula is C24H18N4O6S. The molecule has 0 radical (unpaired) electrons. The van der Waals surface area contributed by atoms with Crippen LogP contribution in [0.1, 0.15) is 32.3 Å². The first-order chi connectivity index (χ1) is 16.7. The molecule has 0 aliphatic carbocycles. The first kappa shape index (κ1) is 22.4. The maximum Gasteiger partial charge on any atom is 0.262 e. The van der Waals surface area contributed by atoms with E-state index in [1.54, 1.807) is 42.5 Å². The van der Waals surface area contributed by atoms with Gasteiger partial charge in [0.2, 0.25) is 15.9 Å². The summed E-state index contributed by atoms with van der Waals surface area (Å²) < 4.78 is 23.6. The van der Waals surface area contributed by atoms with Gasteiger partial charge < -0.3 is 5.32 Å². The lowest BCUT2D eigenvalue weighted by Gasteiger charge is -2.37. The van der Waals surface area contributed by atoms with E-state index in [0.29, 0.717) is 5.56 Å². The van der Waals surface area contributed by atoms with E-state index in [1.165, 1.54) is 29.2 Å². The molecule has 0 spiro atoms. The third-order valence-electron chi connectivity index (χ3n) is 5.88. The molecule has 4 amide bonds. The van der Waals surface area contributed by atoms with Gasteiger partial charge in [0.05, 0.1) is 27.4 Å². The highest BCUT2D eigenvalue weighted by Crippen LogP contribution is 2.40. The summed E-state index contributed by atoms with van der Waals surface area (Å²) in [6.45, 7) is -0.612. The highest BCUT2D eigenvalue weighted by molar-refractivity contribution is 7.89. The molecule has 3 aromatic carbocycles. The number of carbonyl (C=O) groups is 4. The van der Waals surface area contributed by atoms with Crippen molar-refractivity contribution in [3.63, 3.8) is 0 Å². The van der Waals surface area contributed by atoms with Crippen LogP contribution in [0.2, 0.25) is 0 Å². The van der Waals surface area contributed by atoms with Crippen LogP contribution in [0.25, 0.3) is 0 Å². The van der Waals surface area contributed by atoms with Gasteiger partial charge in [0, 0.05) is 0 Å². The normalized spacial score (nSPS) is 17.2. The van der Waals surface area contributed by atoms with Crippen molar-refractivity contribution in [1.82, 2.24) is 4.90 Å². The fourth-order valence-corrected chi connectivity index (χ4v) is 4.81. The van der Waals surface area contributed by atoms with Crippen molar-refractivity contribution in [3.05, 3.63) is 89.5 Å². The van der Waals surface area contributed by atoms with Crippen molar-refractivity contribution in [2.24, 2.45) is 5.14 Å². The smallest absolute Gasteiger partial charge is 0.262 e. The maximum atomic E-state index is 13.6. The van der Waals surface area contributed by atoms with E-state index in [4.69, 9.17) is 5.14 Å². The van der Waals surface area contributed by atoms with Crippen LogP contribution in [0, 0.1) is 0 Å². The summed E-state index contributed by atoms with van der Waals surface area (Å²) in [6.07, 6.45) is 0. The molecule has 11 heteroatoms. The van der Waals surface area contributed by atoms with Crippen molar-refractivity contribution >= 4 is 45.0 Å². The monoisotopic (exact) mass is 490 g/mol. The molecule has 0 bridgehead atoms. The van der Waals surface area contributed by atoms with E-state index >= 15 is 0 Å². The predicted octanol–water partition coefficient (Wildman–Crippen LogP) is 1.66. The van der Waals surface area contributed by atoms with Crippen LogP contribution in [0.5, 0.6) is 0 Å². The van der Waals surface area contributed by atoms with Gasteiger partial charge in [-0.25, -0.2) is 13.6 Å². The molecular weight excluding hydrogens is 472 g/mol. The molecule has 10 nitrogen and oxygen atoms in total. The maximum absolute atomic E-state index is 13.6. The van der Waals surface area contributed by atoms with Crippen LogP contribution in [0.15, 0.2) is 77.7 Å². The summed E-state index contributed by atoms with van der Waals surface area (Å²) >= 11 is 0. The van der Waals surface area contributed by atoms with Crippen LogP contribution in [0.3, 0.4) is 0 Å². The van der Waals surface area contributed by atoms with Gasteiger partial charge in [-0.3, -0.25) is 29.0 Å². The van der Waals surface area contributed by atoms with E-state index in [1.807, 2.05) is 0 Å². The van der Waals surface area contributed by atoms with Crippen molar-refractivity contribution in [1.29, 1.82) is 0 Å². The van der Waals surface area contributed by atoms with E-state index in [2.05, 4.69) is 5.32 Å². The summed E-state index contributed by atoms with van der Waals surface area (Å²) in [5, 5.41) is 7.85. The number of nitrogens with one attached hydrogen (secondary N) is 1. The Hall–Kier alpha value is -4.35. The molecule has 35 heavy (non-hydrogen) atoms. The van der Waals surface area contributed by atoms with E-state index in [0.717, 1.165) is 11.0 Å². The SMILES string of the molecule is NS(=O)(=O)c1ccc2c(c1)NC(=O)C(c1ccccc1)N2C(=O)CN1C(=O)c2ccccc2C1=O. The number of sulfonamides is 1. The third-order valence-corrected chi connectivity index (χ3v) is 6.79. The van der Waals surface area contributed by atoms with E-state index in [9.17, 15) is 27.6 Å². The average molecular weight is 490 g/mol. The van der Waals surface area contributed by atoms with Crippen LogP contribution in [-0.2, 0) is 19.6 Å². The zero-order chi connectivity index (χ0) is 24.9. The quantitative estimate of drug-likeness (QED) is 0.532. The second-order valence-corrected chi connectivity index (χ2v) is 9.59. The number of anilines is 2. The number of amides is 4. The zero-order valence-electron chi connectivity index (χ0n) is 18.0. The summed E-state index contributed by atoms with van der Waals surface area (Å²) in [5.74, 6) is -2.51. The minimum absolute atomic E-state index is 0.0596. The number of fused-ring (bicyclic) bond motifs is 2. The number of nitrogens with two attached hydrogens (primary N) is 1. The van der Waals surface area contributed by atoms with Crippen molar-refractivity contribution < 1.29 is 27.6 Å². The zero-order valence-corrected chi connectivity index (χ0v) is 18.9. The summed E-state index contributed by atoms with van der Waals surface area (Å²) in [7, 11) is -4.07. The second-order valence-electron chi connectivity index (χ2n) is 8.03. The first-order valence-electron chi connectivity index (χ1n) is 10.5. The summed E-state index contributed by atoms with van der Waals surface area (Å²) in [4.78, 5) is 54.2. The third kappa shape index (κ3) is 3.76. The second kappa shape index (κ2) is 8.15. The summed E-state index contributed by atoms with van der Waals surface area (Å²) in [5.41, 5.74) is 1.14. The van der Waals surface area contributed by atoms with Gasteiger partial charge >= 0.3 is 0 Å². The molecule has 2 aliphatic heterocycles. The number of hydrogen-bond donors (Lipinski definition) is 2. The number of imide groups is 1. The Labute approximate surface area is 200 Å². The number of primary sulfonamides is 1. The number of benzene rings is 3. The molecule has 0 fully saturated rings. The van der Waals surface area contributed by atoms with Crippen LogP contribution in [0.4, 0.5) is 11.4 Å². The fourth-order valence-electron chi connectivity index (χ4n) is 4.27. The van der Waals surface area contributed by atoms with Crippen molar-refractivity contribution in [2.75, 3.05) is 16.8 Å². The number of rotatable bonds is 4. The lowest BCUT2D eigenvalue weighted by Crippen LogP contribution is -2.49. The molecule has 0 aromatic heterocycles. The van der Waals surface area contributed by atoms with Gasteiger partial charge in [0.25, 0.3) is 17.7 Å². The predicted molar refractivity (Wildman–Crippen MR) is 125 cm³/mol. The lowest BCUT2D eigenvalue weighted by atomic mass is 10.00. The number of hydrogen-bond acceptors (Lipinski definition) is 6. The minimum Gasteiger partial charge on any atom is -0.322 e. The molecule has 3 N–H and O–H groups in total. The van der Waals surface area contributed by atoms with Gasteiger partial charge in [0.1, 0.15) is 12.6 Å². The number of carbonyl (C=O) groups excluding carboxylic acids is 4.